The third-order valence-corrected chi connectivity index (χ3v) is 3.27. The normalized spacial score (nSPS) is 10.3. The number of phenolic OH excluding ortho intramolecular Hbond substituents is 1. The minimum atomic E-state index is -0.499. The number of benzene rings is 2. The van der Waals surface area contributed by atoms with E-state index in [0.29, 0.717) is 4.47 Å². The van der Waals surface area contributed by atoms with Gasteiger partial charge in [0.25, 0.3) is 5.91 Å². The van der Waals surface area contributed by atoms with Crippen molar-refractivity contribution in [3.05, 3.63) is 57.8 Å². The minimum Gasteiger partial charge on any atom is -0.506 e. The Bertz CT molecular complexity index is 643. The molecule has 19 heavy (non-hydrogen) atoms. The van der Waals surface area contributed by atoms with Crippen molar-refractivity contribution in [3.63, 3.8) is 0 Å². The molecule has 5 heteroatoms. The number of carbonyl (C=O) groups is 1. The molecule has 0 bridgehead atoms. The second-order valence-corrected chi connectivity index (χ2v) is 4.95. The fourth-order valence-electron chi connectivity index (χ4n) is 1.61. The van der Waals surface area contributed by atoms with Crippen LogP contribution in [0, 0.1) is 12.7 Å². The van der Waals surface area contributed by atoms with E-state index in [1.54, 1.807) is 12.1 Å². The smallest absolute Gasteiger partial charge is 0.257 e. The van der Waals surface area contributed by atoms with E-state index in [-0.39, 0.29) is 17.0 Å². The predicted molar refractivity (Wildman–Crippen MR) is 74.9 cm³/mol. The first kappa shape index (κ1) is 13.5. The van der Waals surface area contributed by atoms with Gasteiger partial charge >= 0.3 is 0 Å². The molecule has 0 heterocycles. The van der Waals surface area contributed by atoms with Gasteiger partial charge < -0.3 is 10.4 Å². The largest absolute Gasteiger partial charge is 0.506 e. The molecule has 0 aliphatic heterocycles. The molecule has 2 aromatic rings. The standard InChI is InChI=1S/C14H11BrFNO2/c1-8-2-5-12(13(18)6-8)17-14(19)10-7-9(16)3-4-11(10)15/h2-7,18H,1H3,(H,17,19). The Kier molecular flexibility index (Phi) is 3.85. The number of hydrogen-bond donors (Lipinski definition) is 2. The van der Waals surface area contributed by atoms with E-state index in [2.05, 4.69) is 21.2 Å². The van der Waals surface area contributed by atoms with Gasteiger partial charge in [0.1, 0.15) is 11.6 Å². The summed E-state index contributed by atoms with van der Waals surface area (Å²) in [5.41, 5.74) is 1.33. The van der Waals surface area contributed by atoms with Gasteiger partial charge in [0, 0.05) is 4.47 Å². The number of aryl methyl sites for hydroxylation is 1. The van der Waals surface area contributed by atoms with Crippen LogP contribution < -0.4 is 5.32 Å². The minimum absolute atomic E-state index is 0.0270. The van der Waals surface area contributed by atoms with Crippen molar-refractivity contribution in [1.29, 1.82) is 0 Å². The van der Waals surface area contributed by atoms with Gasteiger partial charge in [0.15, 0.2) is 0 Å². The highest BCUT2D eigenvalue weighted by molar-refractivity contribution is 9.10. The fraction of sp³-hybridized carbons (Fsp3) is 0.0714. The van der Waals surface area contributed by atoms with Crippen molar-refractivity contribution in [2.45, 2.75) is 6.92 Å². The number of anilines is 1. The maximum absolute atomic E-state index is 13.1. The van der Waals surface area contributed by atoms with E-state index in [9.17, 15) is 14.3 Å². The highest BCUT2D eigenvalue weighted by Crippen LogP contribution is 2.26. The van der Waals surface area contributed by atoms with Gasteiger partial charge in [-0.25, -0.2) is 4.39 Å². The summed E-state index contributed by atoms with van der Waals surface area (Å²) in [6.45, 7) is 1.83. The number of aromatic hydroxyl groups is 1. The molecular formula is C14H11BrFNO2. The molecule has 3 nitrogen and oxygen atoms in total. The zero-order valence-corrected chi connectivity index (χ0v) is 11.7. The lowest BCUT2D eigenvalue weighted by molar-refractivity contribution is 0.102. The molecule has 0 fully saturated rings. The molecule has 0 radical (unpaired) electrons. The Hall–Kier alpha value is -1.88. The van der Waals surface area contributed by atoms with Gasteiger partial charge in [-0.3, -0.25) is 4.79 Å². The second kappa shape index (κ2) is 5.40. The van der Waals surface area contributed by atoms with E-state index in [1.807, 2.05) is 6.92 Å². The van der Waals surface area contributed by atoms with Crippen LogP contribution in [0.5, 0.6) is 5.75 Å². The van der Waals surface area contributed by atoms with Gasteiger partial charge in [-0.1, -0.05) is 6.07 Å². The lowest BCUT2D eigenvalue weighted by atomic mass is 10.1. The van der Waals surface area contributed by atoms with E-state index in [1.165, 1.54) is 18.2 Å². The Morgan fingerprint density at radius 2 is 2.00 bits per heavy atom. The van der Waals surface area contributed by atoms with E-state index < -0.39 is 11.7 Å². The molecule has 0 saturated heterocycles. The topological polar surface area (TPSA) is 49.3 Å². The Labute approximate surface area is 118 Å². The predicted octanol–water partition coefficient (Wildman–Crippen LogP) is 3.85. The number of carbonyl (C=O) groups excluding carboxylic acids is 1. The summed E-state index contributed by atoms with van der Waals surface area (Å²) in [4.78, 5) is 12.0. The summed E-state index contributed by atoms with van der Waals surface area (Å²) in [5, 5.41) is 12.2. The number of nitrogens with one attached hydrogen (secondary N) is 1. The number of rotatable bonds is 2. The van der Waals surface area contributed by atoms with Gasteiger partial charge in [-0.05, 0) is 58.7 Å². The van der Waals surface area contributed by atoms with Crippen LogP contribution in [-0.4, -0.2) is 11.0 Å². The maximum Gasteiger partial charge on any atom is 0.257 e. The molecule has 0 unspecified atom stereocenters. The lowest BCUT2D eigenvalue weighted by Gasteiger charge is -2.09. The zero-order valence-electron chi connectivity index (χ0n) is 10.1. The van der Waals surface area contributed by atoms with Crippen molar-refractivity contribution in [3.8, 4) is 5.75 Å². The number of phenols is 1. The Balaban J connectivity index is 2.28. The van der Waals surface area contributed by atoms with Crippen molar-refractivity contribution >= 4 is 27.5 Å². The van der Waals surface area contributed by atoms with Gasteiger partial charge in [-0.15, -0.1) is 0 Å². The molecule has 0 aliphatic rings. The molecule has 0 aromatic heterocycles. The van der Waals surface area contributed by atoms with Crippen LogP contribution in [0.15, 0.2) is 40.9 Å². The zero-order chi connectivity index (χ0) is 14.0. The average Bonchev–Trinajstić information content (AvgIpc) is 2.35. The lowest BCUT2D eigenvalue weighted by Crippen LogP contribution is -2.13. The molecule has 2 N–H and O–H groups in total. The highest BCUT2D eigenvalue weighted by atomic mass is 79.9. The second-order valence-electron chi connectivity index (χ2n) is 4.10. The molecule has 0 aliphatic carbocycles. The van der Waals surface area contributed by atoms with Crippen LogP contribution in [0.25, 0.3) is 0 Å². The van der Waals surface area contributed by atoms with Crippen molar-refractivity contribution in [2.75, 3.05) is 5.32 Å². The van der Waals surface area contributed by atoms with Crippen LogP contribution in [0.4, 0.5) is 10.1 Å². The summed E-state index contributed by atoms with van der Waals surface area (Å²) < 4.78 is 13.6. The molecule has 98 valence electrons. The maximum atomic E-state index is 13.1. The first-order valence-electron chi connectivity index (χ1n) is 5.53. The summed E-state index contributed by atoms with van der Waals surface area (Å²) in [6.07, 6.45) is 0. The van der Waals surface area contributed by atoms with Crippen LogP contribution in [0.2, 0.25) is 0 Å². The van der Waals surface area contributed by atoms with Gasteiger partial charge in [0.05, 0.1) is 11.3 Å². The molecule has 0 saturated carbocycles. The summed E-state index contributed by atoms with van der Waals surface area (Å²) >= 11 is 3.18. The van der Waals surface area contributed by atoms with E-state index >= 15 is 0 Å². The van der Waals surface area contributed by atoms with Crippen LogP contribution in [0.3, 0.4) is 0 Å². The van der Waals surface area contributed by atoms with Crippen molar-refractivity contribution < 1.29 is 14.3 Å². The van der Waals surface area contributed by atoms with Gasteiger partial charge in [0.2, 0.25) is 0 Å². The Morgan fingerprint density at radius 3 is 2.68 bits per heavy atom. The fourth-order valence-corrected chi connectivity index (χ4v) is 2.04. The average molecular weight is 324 g/mol. The SMILES string of the molecule is Cc1ccc(NC(=O)c2cc(F)ccc2Br)c(O)c1. The van der Waals surface area contributed by atoms with Gasteiger partial charge in [-0.2, -0.15) is 0 Å². The molecule has 2 aromatic carbocycles. The first-order chi connectivity index (χ1) is 8.97. The first-order valence-corrected chi connectivity index (χ1v) is 6.32. The summed E-state index contributed by atoms with van der Waals surface area (Å²) in [7, 11) is 0. The number of halogens is 2. The Morgan fingerprint density at radius 1 is 1.26 bits per heavy atom. The third-order valence-electron chi connectivity index (χ3n) is 2.57. The highest BCUT2D eigenvalue weighted by Gasteiger charge is 2.13. The van der Waals surface area contributed by atoms with E-state index in [0.717, 1.165) is 11.6 Å². The molecule has 0 spiro atoms. The monoisotopic (exact) mass is 323 g/mol. The van der Waals surface area contributed by atoms with Crippen LogP contribution >= 0.6 is 15.9 Å². The molecule has 1 amide bonds. The molecule has 0 atom stereocenters. The summed E-state index contributed by atoms with van der Waals surface area (Å²) in [5.74, 6) is -1.02. The van der Waals surface area contributed by atoms with E-state index in [4.69, 9.17) is 0 Å². The third kappa shape index (κ3) is 3.12. The molecule has 2 rings (SSSR count). The van der Waals surface area contributed by atoms with Crippen molar-refractivity contribution in [2.24, 2.45) is 0 Å². The quantitative estimate of drug-likeness (QED) is 0.824. The molecular weight excluding hydrogens is 313 g/mol. The number of amides is 1. The van der Waals surface area contributed by atoms with Crippen LogP contribution in [-0.2, 0) is 0 Å². The summed E-state index contributed by atoms with van der Waals surface area (Å²) in [6, 6.07) is 8.73. The van der Waals surface area contributed by atoms with Crippen molar-refractivity contribution in [1.82, 2.24) is 0 Å². The number of hydrogen-bond acceptors (Lipinski definition) is 2. The van der Waals surface area contributed by atoms with Crippen LogP contribution in [0.1, 0.15) is 15.9 Å².